The number of hydrogen-bond donors (Lipinski definition) is 2. The molecule has 6 nitrogen and oxygen atoms in total. The molecule has 1 amide bonds. The lowest BCUT2D eigenvalue weighted by molar-refractivity contribution is -0.384. The van der Waals surface area contributed by atoms with Crippen molar-refractivity contribution >= 4 is 29.0 Å². The van der Waals surface area contributed by atoms with Crippen molar-refractivity contribution in [1.29, 1.82) is 0 Å². The highest BCUT2D eigenvalue weighted by atomic mass is 32.2. The summed E-state index contributed by atoms with van der Waals surface area (Å²) in [5.41, 5.74) is 1.96. The van der Waals surface area contributed by atoms with Gasteiger partial charge < -0.3 is 10.6 Å². The first-order valence-corrected chi connectivity index (χ1v) is 9.20. The quantitative estimate of drug-likeness (QED) is 0.602. The maximum Gasteiger partial charge on any atom is 0.269 e. The smallest absolute Gasteiger partial charge is 0.269 e. The minimum absolute atomic E-state index is 0.0330. The van der Waals surface area contributed by atoms with Gasteiger partial charge in [0.05, 0.1) is 4.92 Å². The average molecular weight is 351 g/mol. The molecule has 1 aromatic carbocycles. The fourth-order valence-electron chi connectivity index (χ4n) is 3.00. The summed E-state index contributed by atoms with van der Waals surface area (Å²) >= 11 is 1.81. The topological polar surface area (TPSA) is 84.3 Å². The normalized spacial score (nSPS) is 20.0. The number of non-ortho nitro benzene ring substituents is 1. The molecule has 2 unspecified atom stereocenters. The van der Waals surface area contributed by atoms with E-state index in [1.54, 1.807) is 18.2 Å². The Morgan fingerprint density at radius 3 is 2.79 bits per heavy atom. The van der Waals surface area contributed by atoms with E-state index < -0.39 is 0 Å². The second-order valence-electron chi connectivity index (χ2n) is 6.80. The molecule has 1 aromatic rings. The van der Waals surface area contributed by atoms with Crippen LogP contribution in [-0.4, -0.2) is 29.2 Å². The Labute approximate surface area is 146 Å². The van der Waals surface area contributed by atoms with Gasteiger partial charge in [0.2, 0.25) is 5.91 Å². The molecule has 132 valence electrons. The number of nitrogens with zero attached hydrogens (tertiary/aromatic N) is 1. The van der Waals surface area contributed by atoms with E-state index in [1.807, 2.05) is 11.8 Å². The summed E-state index contributed by atoms with van der Waals surface area (Å²) < 4.78 is 0. The van der Waals surface area contributed by atoms with E-state index in [9.17, 15) is 14.9 Å². The van der Waals surface area contributed by atoms with Gasteiger partial charge in [-0.25, -0.2) is 0 Å². The van der Waals surface area contributed by atoms with Crippen molar-refractivity contribution < 1.29 is 9.72 Å². The van der Waals surface area contributed by atoms with Gasteiger partial charge in [0.25, 0.3) is 5.69 Å². The molecule has 0 spiro atoms. The second-order valence-corrected chi connectivity index (χ2v) is 8.28. The lowest BCUT2D eigenvalue weighted by atomic mass is 9.78. The Morgan fingerprint density at radius 2 is 2.21 bits per heavy atom. The number of hydrogen-bond acceptors (Lipinski definition) is 5. The molecule has 2 atom stereocenters. The van der Waals surface area contributed by atoms with Crippen LogP contribution < -0.4 is 10.6 Å². The van der Waals surface area contributed by atoms with E-state index in [0.717, 1.165) is 23.4 Å². The van der Waals surface area contributed by atoms with Crippen LogP contribution in [0.1, 0.15) is 44.9 Å². The van der Waals surface area contributed by atoms with Gasteiger partial charge in [-0.3, -0.25) is 14.9 Å². The van der Waals surface area contributed by atoms with Gasteiger partial charge in [0.15, 0.2) is 0 Å². The highest BCUT2D eigenvalue weighted by molar-refractivity contribution is 7.99. The Hall–Kier alpha value is -1.76. The number of nitrogens with one attached hydrogen (secondary N) is 2. The van der Waals surface area contributed by atoms with E-state index in [2.05, 4.69) is 31.4 Å². The van der Waals surface area contributed by atoms with Gasteiger partial charge in [-0.05, 0) is 23.8 Å². The number of rotatable bonds is 6. The van der Waals surface area contributed by atoms with Gasteiger partial charge in [-0.2, -0.15) is 11.8 Å². The van der Waals surface area contributed by atoms with E-state index in [-0.39, 0.29) is 33.2 Å². The summed E-state index contributed by atoms with van der Waals surface area (Å²) in [6.45, 7) is 8.47. The third kappa shape index (κ3) is 4.20. The van der Waals surface area contributed by atoms with Crippen molar-refractivity contribution in [2.24, 2.45) is 5.41 Å². The fraction of sp³-hybridized carbons (Fsp3) is 0.588. The summed E-state index contributed by atoms with van der Waals surface area (Å²) in [5.74, 6) is 0.917. The van der Waals surface area contributed by atoms with Crippen molar-refractivity contribution in [3.63, 3.8) is 0 Å². The predicted octanol–water partition coefficient (Wildman–Crippen LogP) is 3.74. The average Bonchev–Trinajstić information content (AvgIpc) is 2.52. The number of anilines is 1. The van der Waals surface area contributed by atoms with Crippen molar-refractivity contribution in [3.05, 3.63) is 33.9 Å². The highest BCUT2D eigenvalue weighted by Gasteiger charge is 2.37. The third-order valence-corrected chi connectivity index (χ3v) is 5.66. The van der Waals surface area contributed by atoms with Crippen molar-refractivity contribution in [1.82, 2.24) is 5.32 Å². The molecular weight excluding hydrogens is 326 g/mol. The van der Waals surface area contributed by atoms with Gasteiger partial charge >= 0.3 is 0 Å². The Kier molecular flexibility index (Phi) is 5.74. The molecule has 0 fully saturated rings. The van der Waals surface area contributed by atoms with Crippen LogP contribution in [0.25, 0.3) is 0 Å². The molecule has 0 radical (unpaired) electrons. The number of benzene rings is 1. The standard InChI is InChI=1S/C17H25N3O3S/c1-5-24-15-9-16(17(3,4)10-18-11(2)21)19-14-7-6-12(20(22)23)8-13(14)15/h6-8,15-16,19H,5,9-10H2,1-4H3,(H,18,21). The summed E-state index contributed by atoms with van der Waals surface area (Å²) in [7, 11) is 0. The summed E-state index contributed by atoms with van der Waals surface area (Å²) in [6.07, 6.45) is 0.874. The molecule has 7 heteroatoms. The monoisotopic (exact) mass is 351 g/mol. The second kappa shape index (κ2) is 7.42. The van der Waals surface area contributed by atoms with Crippen molar-refractivity contribution in [2.45, 2.75) is 45.4 Å². The number of carbonyl (C=O) groups excluding carboxylic acids is 1. The van der Waals surface area contributed by atoms with Gasteiger partial charge in [0.1, 0.15) is 0 Å². The molecule has 0 saturated heterocycles. The molecule has 2 rings (SSSR count). The zero-order valence-electron chi connectivity index (χ0n) is 14.6. The van der Waals surface area contributed by atoms with Crippen LogP contribution >= 0.6 is 11.8 Å². The number of fused-ring (bicyclic) bond motifs is 1. The number of nitro benzene ring substituents is 1. The van der Waals surface area contributed by atoms with Crippen LogP contribution in [0.15, 0.2) is 18.2 Å². The first-order valence-electron chi connectivity index (χ1n) is 8.15. The Morgan fingerprint density at radius 1 is 1.50 bits per heavy atom. The summed E-state index contributed by atoms with van der Waals surface area (Å²) in [4.78, 5) is 22.0. The van der Waals surface area contributed by atoms with E-state index >= 15 is 0 Å². The molecular formula is C17H25N3O3S. The summed E-state index contributed by atoms with van der Waals surface area (Å²) in [5, 5.41) is 17.7. The number of nitro groups is 1. The molecule has 0 bridgehead atoms. The molecule has 1 aliphatic rings. The molecule has 0 aromatic heterocycles. The Bertz CT molecular complexity index is 634. The maximum absolute atomic E-state index is 11.2. The minimum atomic E-state index is -0.346. The van der Waals surface area contributed by atoms with Crippen LogP contribution in [0.5, 0.6) is 0 Å². The Balaban J connectivity index is 2.28. The van der Waals surface area contributed by atoms with Crippen LogP contribution in [-0.2, 0) is 4.79 Å². The molecule has 1 aliphatic heterocycles. The lowest BCUT2D eigenvalue weighted by Crippen LogP contribution is -2.46. The molecule has 24 heavy (non-hydrogen) atoms. The number of amides is 1. The van der Waals surface area contributed by atoms with Crippen molar-refractivity contribution in [3.8, 4) is 0 Å². The molecule has 2 N–H and O–H groups in total. The molecule has 1 heterocycles. The zero-order valence-corrected chi connectivity index (χ0v) is 15.4. The molecule has 0 aliphatic carbocycles. The largest absolute Gasteiger partial charge is 0.381 e. The van der Waals surface area contributed by atoms with Gasteiger partial charge in [-0.1, -0.05) is 20.8 Å². The summed E-state index contributed by atoms with van der Waals surface area (Å²) in [6, 6.07) is 5.22. The third-order valence-electron chi connectivity index (χ3n) is 4.48. The lowest BCUT2D eigenvalue weighted by Gasteiger charge is -2.41. The SMILES string of the molecule is CCSC1CC(C(C)(C)CNC(C)=O)Nc2ccc([N+](=O)[O-])cc21. The fourth-order valence-corrected chi connectivity index (χ4v) is 4.10. The number of carbonyl (C=O) groups is 1. The zero-order chi connectivity index (χ0) is 17.9. The van der Waals surface area contributed by atoms with Crippen molar-refractivity contribution in [2.75, 3.05) is 17.6 Å². The van der Waals surface area contributed by atoms with Crippen LogP contribution in [0.2, 0.25) is 0 Å². The minimum Gasteiger partial charge on any atom is -0.381 e. The van der Waals surface area contributed by atoms with Crippen LogP contribution in [0.4, 0.5) is 11.4 Å². The number of thioether (sulfide) groups is 1. The van der Waals surface area contributed by atoms with Gasteiger partial charge in [0, 0.05) is 48.0 Å². The predicted molar refractivity (Wildman–Crippen MR) is 98.5 cm³/mol. The first-order chi connectivity index (χ1) is 11.2. The van der Waals surface area contributed by atoms with Gasteiger partial charge in [-0.15, -0.1) is 0 Å². The maximum atomic E-state index is 11.2. The van der Waals surface area contributed by atoms with Crippen LogP contribution in [0, 0.1) is 15.5 Å². The molecule has 0 saturated carbocycles. The van der Waals surface area contributed by atoms with Crippen LogP contribution in [0.3, 0.4) is 0 Å². The highest BCUT2D eigenvalue weighted by Crippen LogP contribution is 2.46. The van der Waals surface area contributed by atoms with E-state index in [1.165, 1.54) is 6.92 Å². The van der Waals surface area contributed by atoms with E-state index in [4.69, 9.17) is 0 Å². The first kappa shape index (κ1) is 18.6. The van der Waals surface area contributed by atoms with E-state index in [0.29, 0.717) is 6.54 Å².